The van der Waals surface area contributed by atoms with E-state index in [1.54, 1.807) is 18.2 Å². The van der Waals surface area contributed by atoms with E-state index >= 15 is 0 Å². The predicted molar refractivity (Wildman–Crippen MR) is 75.1 cm³/mol. The molecule has 90 valence electrons. The Morgan fingerprint density at radius 2 is 2.06 bits per heavy atom. The molecule has 0 radical (unpaired) electrons. The molecule has 17 heavy (non-hydrogen) atoms. The first-order chi connectivity index (χ1) is 7.72. The number of alkyl halides is 1. The number of nitrogens with zero attached hydrogens (tertiary/aromatic N) is 2. The summed E-state index contributed by atoms with van der Waals surface area (Å²) in [7, 11) is 0. The zero-order valence-electron chi connectivity index (χ0n) is 8.80. The molecule has 0 bridgehead atoms. The van der Waals surface area contributed by atoms with Gasteiger partial charge in [0.1, 0.15) is 0 Å². The van der Waals surface area contributed by atoms with Gasteiger partial charge < -0.3 is 0 Å². The molecular formula is C11H10Br2N2O2. The molecule has 0 fully saturated rings. The van der Waals surface area contributed by atoms with Crippen LogP contribution in [0.25, 0.3) is 10.9 Å². The van der Waals surface area contributed by atoms with Crippen LogP contribution in [0.5, 0.6) is 0 Å². The Morgan fingerprint density at radius 1 is 1.35 bits per heavy atom. The van der Waals surface area contributed by atoms with E-state index in [1.165, 1.54) is 10.9 Å². The van der Waals surface area contributed by atoms with Crippen molar-refractivity contribution in [1.29, 1.82) is 0 Å². The number of Topliss-reactive ketones (excluding diaryl/α,β-unsaturated/α-hetero) is 1. The number of rotatable bonds is 3. The Bertz CT molecular complexity index is 595. The Balaban J connectivity index is 0.00000144. The van der Waals surface area contributed by atoms with Crippen LogP contribution in [-0.4, -0.2) is 20.7 Å². The lowest BCUT2D eigenvalue weighted by atomic mass is 10.2. The Kier molecular flexibility index (Phi) is 5.02. The van der Waals surface area contributed by atoms with Crippen molar-refractivity contribution in [2.75, 3.05) is 5.33 Å². The van der Waals surface area contributed by atoms with Crippen molar-refractivity contribution >= 4 is 49.6 Å². The van der Waals surface area contributed by atoms with Gasteiger partial charge >= 0.3 is 0 Å². The third-order valence-electron chi connectivity index (χ3n) is 2.23. The number of benzene rings is 1. The highest BCUT2D eigenvalue weighted by Crippen LogP contribution is 2.04. The summed E-state index contributed by atoms with van der Waals surface area (Å²) in [6.07, 6.45) is 1.41. The zero-order valence-corrected chi connectivity index (χ0v) is 12.1. The minimum absolute atomic E-state index is 0. The third-order valence-corrected chi connectivity index (χ3v) is 2.85. The maximum atomic E-state index is 11.9. The largest absolute Gasteiger partial charge is 0.297 e. The van der Waals surface area contributed by atoms with Gasteiger partial charge in [-0.3, -0.25) is 14.2 Å². The Labute approximate surface area is 117 Å². The summed E-state index contributed by atoms with van der Waals surface area (Å²) in [5, 5.41) is 0.777. The summed E-state index contributed by atoms with van der Waals surface area (Å²) < 4.78 is 1.33. The van der Waals surface area contributed by atoms with Crippen molar-refractivity contribution in [1.82, 2.24) is 9.55 Å². The first kappa shape index (κ1) is 14.1. The molecule has 0 aliphatic carbocycles. The van der Waals surface area contributed by atoms with Crippen LogP contribution in [0.3, 0.4) is 0 Å². The molecule has 1 aromatic heterocycles. The smallest absolute Gasteiger partial charge is 0.261 e. The van der Waals surface area contributed by atoms with Gasteiger partial charge in [-0.05, 0) is 12.1 Å². The van der Waals surface area contributed by atoms with E-state index in [-0.39, 0.29) is 40.2 Å². The number of para-hydroxylation sites is 1. The average Bonchev–Trinajstić information content (AvgIpc) is 2.33. The van der Waals surface area contributed by atoms with Crippen molar-refractivity contribution in [2.24, 2.45) is 0 Å². The molecule has 0 atom stereocenters. The molecule has 1 aromatic carbocycles. The minimum Gasteiger partial charge on any atom is -0.297 e. The number of hydrogen-bond donors (Lipinski definition) is 0. The number of carbonyl (C=O) groups excluding carboxylic acids is 1. The van der Waals surface area contributed by atoms with Gasteiger partial charge in [0.05, 0.1) is 29.1 Å². The highest BCUT2D eigenvalue weighted by Gasteiger charge is 2.06. The molecule has 6 heteroatoms. The minimum atomic E-state index is -0.181. The molecule has 1 heterocycles. The lowest BCUT2D eigenvalue weighted by molar-refractivity contribution is -0.117. The molecule has 0 amide bonds. The summed E-state index contributed by atoms with van der Waals surface area (Å²) in [5.41, 5.74) is 0.468. The summed E-state index contributed by atoms with van der Waals surface area (Å²) >= 11 is 3.06. The molecule has 2 aromatic rings. The van der Waals surface area contributed by atoms with E-state index in [0.29, 0.717) is 10.9 Å². The van der Waals surface area contributed by atoms with Gasteiger partial charge in [-0.25, -0.2) is 4.98 Å². The molecule has 0 aliphatic heterocycles. The van der Waals surface area contributed by atoms with Crippen molar-refractivity contribution in [2.45, 2.75) is 6.54 Å². The van der Waals surface area contributed by atoms with Crippen LogP contribution < -0.4 is 5.56 Å². The molecule has 2 rings (SSSR count). The van der Waals surface area contributed by atoms with Crippen LogP contribution in [0.1, 0.15) is 0 Å². The van der Waals surface area contributed by atoms with Crippen molar-refractivity contribution in [3.8, 4) is 0 Å². The quantitative estimate of drug-likeness (QED) is 0.785. The van der Waals surface area contributed by atoms with E-state index in [0.717, 1.165) is 0 Å². The normalized spacial score (nSPS) is 9.94. The maximum Gasteiger partial charge on any atom is 0.261 e. The second kappa shape index (κ2) is 6.07. The lowest BCUT2D eigenvalue weighted by Crippen LogP contribution is -2.24. The standard InChI is InChI=1S/C11H9BrN2O2.BrH/c12-5-8(15)6-14-7-13-10-4-2-1-3-9(10)11(14)16;/h1-4,7H,5-6H2;1H. The number of carbonyl (C=O) groups is 1. The topological polar surface area (TPSA) is 52.0 Å². The van der Waals surface area contributed by atoms with Crippen LogP contribution in [0.4, 0.5) is 0 Å². The molecule has 4 nitrogen and oxygen atoms in total. The SMILES string of the molecule is Br.O=C(CBr)Cn1cnc2ccccc2c1=O. The van der Waals surface area contributed by atoms with Crippen LogP contribution >= 0.6 is 32.9 Å². The summed E-state index contributed by atoms with van der Waals surface area (Å²) in [5.74, 6) is -0.0563. The van der Waals surface area contributed by atoms with E-state index < -0.39 is 0 Å². The Hall–Kier alpha value is -1.01. The number of hydrogen-bond acceptors (Lipinski definition) is 3. The van der Waals surface area contributed by atoms with E-state index in [2.05, 4.69) is 20.9 Å². The molecule has 0 saturated carbocycles. The maximum absolute atomic E-state index is 11.9. The van der Waals surface area contributed by atoms with Crippen LogP contribution in [-0.2, 0) is 11.3 Å². The Morgan fingerprint density at radius 3 is 2.76 bits per heavy atom. The predicted octanol–water partition coefficient (Wildman–Crippen LogP) is 1.94. The van der Waals surface area contributed by atoms with Gasteiger partial charge in [0, 0.05) is 0 Å². The fraction of sp³-hybridized carbons (Fsp3) is 0.182. The van der Waals surface area contributed by atoms with Crippen LogP contribution in [0.2, 0.25) is 0 Å². The second-order valence-electron chi connectivity index (χ2n) is 3.37. The molecule has 0 aliphatic rings. The van der Waals surface area contributed by atoms with Crippen molar-refractivity contribution in [3.63, 3.8) is 0 Å². The highest BCUT2D eigenvalue weighted by molar-refractivity contribution is 9.09. The monoisotopic (exact) mass is 360 g/mol. The summed E-state index contributed by atoms with van der Waals surface area (Å²) in [4.78, 5) is 27.3. The highest BCUT2D eigenvalue weighted by atomic mass is 79.9. The molecule has 0 N–H and O–H groups in total. The van der Waals surface area contributed by atoms with Gasteiger partial charge in [-0.15, -0.1) is 17.0 Å². The number of halogens is 2. The van der Waals surface area contributed by atoms with Gasteiger partial charge in [-0.2, -0.15) is 0 Å². The first-order valence-corrected chi connectivity index (χ1v) is 5.86. The van der Waals surface area contributed by atoms with Crippen molar-refractivity contribution < 1.29 is 4.79 Å². The zero-order chi connectivity index (χ0) is 11.5. The van der Waals surface area contributed by atoms with Gasteiger partial charge in [0.2, 0.25) is 0 Å². The van der Waals surface area contributed by atoms with Crippen molar-refractivity contribution in [3.05, 3.63) is 40.9 Å². The summed E-state index contributed by atoms with van der Waals surface area (Å²) in [6.45, 7) is 0.0575. The number of fused-ring (bicyclic) bond motifs is 1. The van der Waals surface area contributed by atoms with Gasteiger partial charge in [-0.1, -0.05) is 28.1 Å². The van der Waals surface area contributed by atoms with E-state index in [9.17, 15) is 9.59 Å². The van der Waals surface area contributed by atoms with E-state index in [4.69, 9.17) is 0 Å². The number of ketones is 1. The molecule has 0 unspecified atom stereocenters. The average molecular weight is 362 g/mol. The van der Waals surface area contributed by atoms with E-state index in [1.807, 2.05) is 6.07 Å². The van der Waals surface area contributed by atoms with Gasteiger partial charge in [0.25, 0.3) is 5.56 Å². The van der Waals surface area contributed by atoms with Crippen LogP contribution in [0, 0.1) is 0 Å². The molecular weight excluding hydrogens is 352 g/mol. The third kappa shape index (κ3) is 3.01. The second-order valence-corrected chi connectivity index (χ2v) is 3.93. The fourth-order valence-corrected chi connectivity index (χ4v) is 1.63. The first-order valence-electron chi connectivity index (χ1n) is 4.74. The lowest BCUT2D eigenvalue weighted by Gasteiger charge is -2.04. The van der Waals surface area contributed by atoms with Crippen LogP contribution in [0.15, 0.2) is 35.4 Å². The number of aromatic nitrogens is 2. The summed E-state index contributed by atoms with van der Waals surface area (Å²) in [6, 6.07) is 7.08. The van der Waals surface area contributed by atoms with Gasteiger partial charge in [0.15, 0.2) is 5.78 Å². The fourth-order valence-electron chi connectivity index (χ4n) is 1.45. The molecule has 0 spiro atoms. The molecule has 0 saturated heterocycles.